The molecular formula is C12H19N3S. The number of hydrogen-bond acceptors (Lipinski definition) is 4. The van der Waals surface area contributed by atoms with E-state index in [2.05, 4.69) is 34.0 Å². The fraction of sp³-hybridized carbons (Fsp3) is 0.667. The molecule has 0 spiro atoms. The maximum Gasteiger partial charge on any atom is 0.0753 e. The third-order valence-corrected chi connectivity index (χ3v) is 4.35. The van der Waals surface area contributed by atoms with Crippen LogP contribution < -0.4 is 5.32 Å². The molecule has 1 fully saturated rings. The van der Waals surface area contributed by atoms with Crippen LogP contribution in [0.3, 0.4) is 0 Å². The summed E-state index contributed by atoms with van der Waals surface area (Å²) < 4.78 is 0. The molecule has 0 amide bonds. The van der Waals surface area contributed by atoms with Gasteiger partial charge < -0.3 is 5.32 Å². The van der Waals surface area contributed by atoms with E-state index in [9.17, 15) is 0 Å². The van der Waals surface area contributed by atoms with Crippen LogP contribution in [0, 0.1) is 0 Å². The molecule has 1 N–H and O–H groups in total. The first-order valence-corrected chi connectivity index (χ1v) is 7.02. The quantitative estimate of drug-likeness (QED) is 0.872. The van der Waals surface area contributed by atoms with Crippen molar-refractivity contribution >= 4 is 11.8 Å². The molecule has 2 atom stereocenters. The lowest BCUT2D eigenvalue weighted by Crippen LogP contribution is -2.29. The monoisotopic (exact) mass is 237 g/mol. The van der Waals surface area contributed by atoms with Crippen molar-refractivity contribution in [1.82, 2.24) is 15.3 Å². The summed E-state index contributed by atoms with van der Waals surface area (Å²) >= 11 is 2.10. The van der Waals surface area contributed by atoms with Gasteiger partial charge in [-0.1, -0.05) is 6.42 Å². The Morgan fingerprint density at radius 1 is 1.50 bits per heavy atom. The molecule has 3 nitrogen and oxygen atoms in total. The Morgan fingerprint density at radius 2 is 2.44 bits per heavy atom. The SMILES string of the molecule is CC(NCC1CCCCS1)c1cnccn1. The average molecular weight is 237 g/mol. The molecule has 1 aliphatic rings. The van der Waals surface area contributed by atoms with Gasteiger partial charge in [-0.25, -0.2) is 0 Å². The maximum absolute atomic E-state index is 4.31. The Morgan fingerprint density at radius 3 is 3.12 bits per heavy atom. The van der Waals surface area contributed by atoms with Gasteiger partial charge in [0.2, 0.25) is 0 Å². The number of nitrogens with one attached hydrogen (secondary N) is 1. The average Bonchev–Trinajstić information content (AvgIpc) is 2.38. The number of hydrogen-bond donors (Lipinski definition) is 1. The van der Waals surface area contributed by atoms with E-state index in [1.165, 1.54) is 25.0 Å². The molecule has 2 heterocycles. The third-order valence-electron chi connectivity index (χ3n) is 2.95. The van der Waals surface area contributed by atoms with E-state index in [-0.39, 0.29) is 0 Å². The summed E-state index contributed by atoms with van der Waals surface area (Å²) in [6.45, 7) is 3.24. The van der Waals surface area contributed by atoms with Crippen LogP contribution in [0.2, 0.25) is 0 Å². The van der Waals surface area contributed by atoms with Crippen LogP contribution in [-0.4, -0.2) is 27.5 Å². The van der Waals surface area contributed by atoms with Gasteiger partial charge in [0, 0.05) is 36.4 Å². The third kappa shape index (κ3) is 3.46. The van der Waals surface area contributed by atoms with Crippen molar-refractivity contribution in [2.75, 3.05) is 12.3 Å². The van der Waals surface area contributed by atoms with E-state index in [0.717, 1.165) is 17.5 Å². The van der Waals surface area contributed by atoms with Crippen molar-refractivity contribution in [3.05, 3.63) is 24.3 Å². The second-order valence-electron chi connectivity index (χ2n) is 4.25. The minimum Gasteiger partial charge on any atom is -0.308 e. The van der Waals surface area contributed by atoms with Crippen molar-refractivity contribution in [2.45, 2.75) is 37.5 Å². The standard InChI is InChI=1S/C12H19N3S/c1-10(12-9-13-5-6-14-12)15-8-11-4-2-3-7-16-11/h5-6,9-11,15H,2-4,7-8H2,1H3. The van der Waals surface area contributed by atoms with E-state index in [0.29, 0.717) is 6.04 Å². The molecular weight excluding hydrogens is 218 g/mol. The first kappa shape index (κ1) is 11.9. The van der Waals surface area contributed by atoms with Crippen LogP contribution in [-0.2, 0) is 0 Å². The summed E-state index contributed by atoms with van der Waals surface area (Å²) in [5.41, 5.74) is 1.03. The predicted molar refractivity (Wildman–Crippen MR) is 68.5 cm³/mol. The van der Waals surface area contributed by atoms with Crippen LogP contribution in [0.1, 0.15) is 37.9 Å². The molecule has 2 rings (SSSR count). The number of rotatable bonds is 4. The minimum atomic E-state index is 0.302. The first-order valence-electron chi connectivity index (χ1n) is 5.97. The smallest absolute Gasteiger partial charge is 0.0753 e. The second-order valence-corrected chi connectivity index (χ2v) is 5.66. The van der Waals surface area contributed by atoms with Crippen LogP contribution in [0.5, 0.6) is 0 Å². The number of aromatic nitrogens is 2. The summed E-state index contributed by atoms with van der Waals surface area (Å²) in [7, 11) is 0. The summed E-state index contributed by atoms with van der Waals surface area (Å²) in [5, 5.41) is 4.33. The summed E-state index contributed by atoms with van der Waals surface area (Å²) in [6.07, 6.45) is 9.44. The maximum atomic E-state index is 4.31. The van der Waals surface area contributed by atoms with Crippen LogP contribution >= 0.6 is 11.8 Å². The van der Waals surface area contributed by atoms with E-state index in [1.807, 2.05) is 6.20 Å². The van der Waals surface area contributed by atoms with Gasteiger partial charge in [0.15, 0.2) is 0 Å². The van der Waals surface area contributed by atoms with Gasteiger partial charge in [0.05, 0.1) is 5.69 Å². The zero-order valence-corrected chi connectivity index (χ0v) is 10.5. The molecule has 16 heavy (non-hydrogen) atoms. The molecule has 0 saturated carbocycles. The zero-order chi connectivity index (χ0) is 11.2. The van der Waals surface area contributed by atoms with Gasteiger partial charge in [-0.3, -0.25) is 9.97 Å². The zero-order valence-electron chi connectivity index (χ0n) is 9.72. The Kier molecular flexibility index (Phi) is 4.60. The lowest BCUT2D eigenvalue weighted by atomic mass is 10.1. The molecule has 2 unspecified atom stereocenters. The van der Waals surface area contributed by atoms with Crippen molar-refractivity contribution in [3.8, 4) is 0 Å². The predicted octanol–water partition coefficient (Wildman–Crippen LogP) is 2.41. The fourth-order valence-electron chi connectivity index (χ4n) is 1.92. The van der Waals surface area contributed by atoms with E-state index in [1.54, 1.807) is 12.4 Å². The van der Waals surface area contributed by atoms with Crippen LogP contribution in [0.25, 0.3) is 0 Å². The van der Waals surface area contributed by atoms with E-state index in [4.69, 9.17) is 0 Å². The molecule has 88 valence electrons. The lowest BCUT2D eigenvalue weighted by Gasteiger charge is -2.23. The Labute approximate surface area is 101 Å². The van der Waals surface area contributed by atoms with Crippen molar-refractivity contribution in [3.63, 3.8) is 0 Å². The topological polar surface area (TPSA) is 37.8 Å². The van der Waals surface area contributed by atoms with Gasteiger partial charge in [-0.05, 0) is 25.5 Å². The van der Waals surface area contributed by atoms with Crippen molar-refractivity contribution < 1.29 is 0 Å². The highest BCUT2D eigenvalue weighted by atomic mass is 32.2. The molecule has 0 aromatic carbocycles. The molecule has 0 bridgehead atoms. The normalized spacial score (nSPS) is 22.9. The van der Waals surface area contributed by atoms with Gasteiger partial charge >= 0.3 is 0 Å². The van der Waals surface area contributed by atoms with Crippen molar-refractivity contribution in [2.24, 2.45) is 0 Å². The number of thioether (sulfide) groups is 1. The largest absolute Gasteiger partial charge is 0.308 e. The molecule has 1 aliphatic heterocycles. The van der Waals surface area contributed by atoms with E-state index < -0.39 is 0 Å². The van der Waals surface area contributed by atoms with Crippen LogP contribution in [0.4, 0.5) is 0 Å². The highest BCUT2D eigenvalue weighted by Gasteiger charge is 2.15. The fourth-order valence-corrected chi connectivity index (χ4v) is 3.17. The number of nitrogens with zero attached hydrogens (tertiary/aromatic N) is 2. The summed E-state index contributed by atoms with van der Waals surface area (Å²) in [6, 6.07) is 0.302. The molecule has 0 aliphatic carbocycles. The highest BCUT2D eigenvalue weighted by molar-refractivity contribution is 7.99. The summed E-state index contributed by atoms with van der Waals surface area (Å²) in [5.74, 6) is 1.33. The minimum absolute atomic E-state index is 0.302. The van der Waals surface area contributed by atoms with Gasteiger partial charge in [-0.2, -0.15) is 11.8 Å². The molecule has 1 aromatic rings. The Balaban J connectivity index is 1.77. The Bertz CT molecular complexity index is 298. The highest BCUT2D eigenvalue weighted by Crippen LogP contribution is 2.24. The first-order chi connectivity index (χ1) is 7.86. The molecule has 1 aromatic heterocycles. The van der Waals surface area contributed by atoms with Gasteiger partial charge in [0.25, 0.3) is 0 Å². The second kappa shape index (κ2) is 6.21. The van der Waals surface area contributed by atoms with Gasteiger partial charge in [-0.15, -0.1) is 0 Å². The van der Waals surface area contributed by atoms with Crippen LogP contribution in [0.15, 0.2) is 18.6 Å². The van der Waals surface area contributed by atoms with Crippen molar-refractivity contribution in [1.29, 1.82) is 0 Å². The van der Waals surface area contributed by atoms with Gasteiger partial charge in [0.1, 0.15) is 0 Å². The summed E-state index contributed by atoms with van der Waals surface area (Å²) in [4.78, 5) is 8.40. The molecule has 4 heteroatoms. The Hall–Kier alpha value is -0.610. The molecule has 1 saturated heterocycles. The lowest BCUT2D eigenvalue weighted by molar-refractivity contribution is 0.529. The molecule has 0 radical (unpaired) electrons. The van der Waals surface area contributed by atoms with E-state index >= 15 is 0 Å².